The predicted molar refractivity (Wildman–Crippen MR) is 111 cm³/mol. The van der Waals surface area contributed by atoms with Crippen molar-refractivity contribution in [1.29, 1.82) is 0 Å². The van der Waals surface area contributed by atoms with E-state index in [0.717, 1.165) is 43.0 Å². The van der Waals surface area contributed by atoms with Gasteiger partial charge >= 0.3 is 0 Å². The summed E-state index contributed by atoms with van der Waals surface area (Å²) in [4.78, 5) is 16.9. The molecule has 0 saturated carbocycles. The molecule has 3 rings (SSSR count). The van der Waals surface area contributed by atoms with E-state index < -0.39 is 0 Å². The molecule has 0 spiro atoms. The number of fused-ring (bicyclic) bond motifs is 1. The normalized spacial score (nSPS) is 12.4. The van der Waals surface area contributed by atoms with Gasteiger partial charge in [-0.1, -0.05) is 31.5 Å². The van der Waals surface area contributed by atoms with Gasteiger partial charge in [0.15, 0.2) is 11.5 Å². The molecule has 2 aromatic rings. The maximum Gasteiger partial charge on any atom is 0.253 e. The Morgan fingerprint density at radius 2 is 1.68 bits per heavy atom. The first-order valence-electron chi connectivity index (χ1n) is 10.1. The minimum atomic E-state index is 0.0991. The van der Waals surface area contributed by atoms with Crippen LogP contribution in [-0.2, 0) is 13.0 Å². The first-order valence-corrected chi connectivity index (χ1v) is 10.1. The van der Waals surface area contributed by atoms with Crippen molar-refractivity contribution in [2.75, 3.05) is 33.5 Å². The highest BCUT2D eigenvalue weighted by Gasteiger charge is 2.16. The molecular weight excluding hydrogens is 352 g/mol. The van der Waals surface area contributed by atoms with Crippen LogP contribution in [-0.4, -0.2) is 49.2 Å². The lowest BCUT2D eigenvalue weighted by Gasteiger charge is -2.25. The maximum atomic E-state index is 12.8. The molecule has 0 unspecified atom stereocenters. The second-order valence-electron chi connectivity index (χ2n) is 7.26. The average Bonchev–Trinajstić information content (AvgIpc) is 3.17. The molecule has 1 aliphatic heterocycles. The summed E-state index contributed by atoms with van der Waals surface area (Å²) in [6.45, 7) is 7.50. The number of carbonyl (C=O) groups excluding carboxylic acids is 1. The van der Waals surface area contributed by atoms with Crippen molar-refractivity contribution in [3.05, 3.63) is 59.2 Å². The molecule has 0 aliphatic carbocycles. The predicted octanol–water partition coefficient (Wildman–Crippen LogP) is 3.96. The van der Waals surface area contributed by atoms with Crippen molar-refractivity contribution >= 4 is 5.91 Å². The molecule has 5 heteroatoms. The van der Waals surface area contributed by atoms with Crippen LogP contribution in [0.15, 0.2) is 42.5 Å². The van der Waals surface area contributed by atoms with Gasteiger partial charge in [0.05, 0.1) is 0 Å². The van der Waals surface area contributed by atoms with Crippen LogP contribution in [0.1, 0.15) is 41.8 Å². The zero-order valence-corrected chi connectivity index (χ0v) is 17.1. The number of aryl methyl sites for hydroxylation is 1. The number of benzene rings is 2. The summed E-state index contributed by atoms with van der Waals surface area (Å²) in [5, 5.41) is 0. The Bertz CT molecular complexity index is 789. The molecule has 0 bridgehead atoms. The van der Waals surface area contributed by atoms with Gasteiger partial charge in [0.25, 0.3) is 5.91 Å². The monoisotopic (exact) mass is 382 g/mol. The third-order valence-electron chi connectivity index (χ3n) is 5.05. The maximum absolute atomic E-state index is 12.8. The number of rotatable bonds is 9. The van der Waals surface area contributed by atoms with Crippen LogP contribution in [0.2, 0.25) is 0 Å². The summed E-state index contributed by atoms with van der Waals surface area (Å²) in [6.07, 6.45) is 2.17. The second-order valence-corrected chi connectivity index (χ2v) is 7.26. The third-order valence-corrected chi connectivity index (χ3v) is 5.05. The van der Waals surface area contributed by atoms with Gasteiger partial charge in [0.2, 0.25) is 6.79 Å². The van der Waals surface area contributed by atoms with Gasteiger partial charge in [-0.3, -0.25) is 4.79 Å². The van der Waals surface area contributed by atoms with Gasteiger partial charge < -0.3 is 19.3 Å². The molecule has 0 radical (unpaired) electrons. The smallest absolute Gasteiger partial charge is 0.253 e. The van der Waals surface area contributed by atoms with E-state index in [-0.39, 0.29) is 5.91 Å². The van der Waals surface area contributed by atoms with Crippen LogP contribution < -0.4 is 9.47 Å². The molecule has 28 heavy (non-hydrogen) atoms. The Hall–Kier alpha value is -2.53. The number of ether oxygens (including phenoxy) is 2. The Kier molecular flexibility index (Phi) is 6.93. The highest BCUT2D eigenvalue weighted by Crippen LogP contribution is 2.32. The third kappa shape index (κ3) is 5.04. The van der Waals surface area contributed by atoms with E-state index in [1.54, 1.807) is 0 Å². The van der Waals surface area contributed by atoms with Crippen molar-refractivity contribution in [2.45, 2.75) is 33.2 Å². The largest absolute Gasteiger partial charge is 0.454 e. The molecule has 150 valence electrons. The van der Waals surface area contributed by atoms with E-state index in [1.165, 1.54) is 11.1 Å². The second kappa shape index (κ2) is 9.60. The lowest BCUT2D eigenvalue weighted by atomic mass is 10.1. The molecule has 1 aliphatic rings. The van der Waals surface area contributed by atoms with Gasteiger partial charge in [-0.05, 0) is 55.8 Å². The van der Waals surface area contributed by atoms with E-state index in [9.17, 15) is 4.79 Å². The number of likely N-dealkylation sites (N-methyl/N-ethyl adjacent to an activating group) is 2. The van der Waals surface area contributed by atoms with E-state index in [1.807, 2.05) is 36.1 Å². The molecule has 5 nitrogen and oxygen atoms in total. The fraction of sp³-hybridized carbons (Fsp3) is 0.435. The zero-order chi connectivity index (χ0) is 19.9. The SMILES string of the molecule is CCCc1ccc(C(=O)N(CC)CCN(C)Cc2ccc3c(c2)OCO3)cc1. The summed E-state index contributed by atoms with van der Waals surface area (Å²) < 4.78 is 10.8. The summed E-state index contributed by atoms with van der Waals surface area (Å²) in [6, 6.07) is 14.1. The Labute approximate surface area is 167 Å². The number of amides is 1. The molecule has 0 fully saturated rings. The fourth-order valence-electron chi connectivity index (χ4n) is 3.41. The molecular formula is C23H30N2O3. The van der Waals surface area contributed by atoms with Crippen LogP contribution in [0.25, 0.3) is 0 Å². The summed E-state index contributed by atoms with van der Waals surface area (Å²) in [5.41, 5.74) is 3.22. The lowest BCUT2D eigenvalue weighted by Crippen LogP contribution is -2.37. The molecule has 2 aromatic carbocycles. The topological polar surface area (TPSA) is 42.0 Å². The minimum Gasteiger partial charge on any atom is -0.454 e. The minimum absolute atomic E-state index is 0.0991. The van der Waals surface area contributed by atoms with Crippen molar-refractivity contribution in [3.63, 3.8) is 0 Å². The van der Waals surface area contributed by atoms with E-state index in [4.69, 9.17) is 9.47 Å². The molecule has 0 N–H and O–H groups in total. The highest BCUT2D eigenvalue weighted by atomic mass is 16.7. The molecule has 0 aromatic heterocycles. The van der Waals surface area contributed by atoms with Crippen molar-refractivity contribution < 1.29 is 14.3 Å². The van der Waals surface area contributed by atoms with Crippen LogP contribution in [0, 0.1) is 0 Å². The molecule has 0 saturated heterocycles. The number of hydrogen-bond donors (Lipinski definition) is 0. The Morgan fingerprint density at radius 3 is 2.39 bits per heavy atom. The van der Waals surface area contributed by atoms with Gasteiger partial charge in [-0.15, -0.1) is 0 Å². The van der Waals surface area contributed by atoms with E-state index >= 15 is 0 Å². The van der Waals surface area contributed by atoms with E-state index in [2.05, 4.69) is 37.1 Å². The average molecular weight is 383 g/mol. The standard InChI is InChI=1S/C23H30N2O3/c1-4-6-18-7-10-20(11-8-18)23(26)25(5-2)14-13-24(3)16-19-9-12-21-22(15-19)28-17-27-21/h7-12,15H,4-6,13-14,16-17H2,1-3H3. The van der Waals surface area contributed by atoms with Gasteiger partial charge in [-0.25, -0.2) is 0 Å². The Morgan fingerprint density at radius 1 is 0.964 bits per heavy atom. The van der Waals surface area contributed by atoms with Crippen LogP contribution in [0.3, 0.4) is 0 Å². The van der Waals surface area contributed by atoms with Crippen LogP contribution in [0.4, 0.5) is 0 Å². The van der Waals surface area contributed by atoms with Crippen molar-refractivity contribution in [2.24, 2.45) is 0 Å². The summed E-state index contributed by atoms with van der Waals surface area (Å²) in [7, 11) is 2.07. The lowest BCUT2D eigenvalue weighted by molar-refractivity contribution is 0.0749. The van der Waals surface area contributed by atoms with E-state index in [0.29, 0.717) is 19.9 Å². The number of hydrogen-bond acceptors (Lipinski definition) is 4. The van der Waals surface area contributed by atoms with Gasteiger partial charge in [0, 0.05) is 31.7 Å². The van der Waals surface area contributed by atoms with Crippen LogP contribution >= 0.6 is 0 Å². The first kappa shape index (κ1) is 20.2. The summed E-state index contributed by atoms with van der Waals surface area (Å²) >= 11 is 0. The van der Waals surface area contributed by atoms with Crippen molar-refractivity contribution in [3.8, 4) is 11.5 Å². The molecule has 0 atom stereocenters. The number of carbonyl (C=O) groups is 1. The molecule has 1 heterocycles. The Balaban J connectivity index is 1.53. The summed E-state index contributed by atoms with van der Waals surface area (Å²) in [5.74, 6) is 1.71. The highest BCUT2D eigenvalue weighted by molar-refractivity contribution is 5.94. The molecule has 1 amide bonds. The first-order chi connectivity index (χ1) is 13.6. The fourth-order valence-corrected chi connectivity index (χ4v) is 3.41. The van der Waals surface area contributed by atoms with Gasteiger partial charge in [-0.2, -0.15) is 0 Å². The quantitative estimate of drug-likeness (QED) is 0.658. The van der Waals surface area contributed by atoms with Crippen LogP contribution in [0.5, 0.6) is 11.5 Å². The number of nitrogens with zero attached hydrogens (tertiary/aromatic N) is 2. The van der Waals surface area contributed by atoms with Crippen molar-refractivity contribution in [1.82, 2.24) is 9.80 Å². The zero-order valence-electron chi connectivity index (χ0n) is 17.1. The van der Waals surface area contributed by atoms with Gasteiger partial charge in [0.1, 0.15) is 0 Å².